The molecule has 0 heterocycles. The monoisotopic (exact) mass is 320 g/mol. The van der Waals surface area contributed by atoms with Gasteiger partial charge in [-0.3, -0.25) is 0 Å². The van der Waals surface area contributed by atoms with Gasteiger partial charge in [0, 0.05) is 5.56 Å². The van der Waals surface area contributed by atoms with Crippen molar-refractivity contribution in [2.45, 2.75) is 31.4 Å². The van der Waals surface area contributed by atoms with Crippen molar-refractivity contribution < 1.29 is 17.9 Å². The van der Waals surface area contributed by atoms with Crippen molar-refractivity contribution in [3.63, 3.8) is 0 Å². The minimum Gasteiger partial charge on any atom is -0.497 e. The Labute approximate surface area is 126 Å². The Hall–Kier alpha value is -0.940. The van der Waals surface area contributed by atoms with E-state index in [1.54, 1.807) is 46.1 Å². The quantitative estimate of drug-likeness (QED) is 0.756. The molecule has 4 nitrogen and oxygen atoms in total. The van der Waals surface area contributed by atoms with Crippen molar-refractivity contribution in [3.8, 4) is 11.5 Å². The number of alkyl halides is 1. The Balaban J connectivity index is 2.72. The number of ether oxygens (including phenoxy) is 2. The van der Waals surface area contributed by atoms with Crippen molar-refractivity contribution in [2.75, 3.05) is 19.5 Å². The number of hydrogen-bond acceptors (Lipinski definition) is 4. The van der Waals surface area contributed by atoms with Crippen LogP contribution in [-0.2, 0) is 15.7 Å². The molecule has 20 heavy (non-hydrogen) atoms. The van der Waals surface area contributed by atoms with Crippen molar-refractivity contribution in [1.82, 2.24) is 0 Å². The second kappa shape index (κ2) is 6.68. The molecular weight excluding hydrogens is 300 g/mol. The van der Waals surface area contributed by atoms with Crippen LogP contribution in [0.5, 0.6) is 11.5 Å². The summed E-state index contributed by atoms with van der Waals surface area (Å²) in [6, 6.07) is 5.27. The van der Waals surface area contributed by atoms with Gasteiger partial charge < -0.3 is 9.47 Å². The molecule has 114 valence electrons. The molecule has 0 aliphatic heterocycles. The number of rotatable bonds is 6. The molecular formula is C14H21ClO4S. The lowest BCUT2D eigenvalue weighted by Crippen LogP contribution is -2.32. The molecule has 0 fully saturated rings. The summed E-state index contributed by atoms with van der Waals surface area (Å²) < 4.78 is 33.8. The van der Waals surface area contributed by atoms with E-state index in [4.69, 9.17) is 21.1 Å². The molecule has 0 aliphatic rings. The van der Waals surface area contributed by atoms with Gasteiger partial charge in [0.1, 0.15) is 18.1 Å². The van der Waals surface area contributed by atoms with E-state index in [2.05, 4.69) is 0 Å². The summed E-state index contributed by atoms with van der Waals surface area (Å²) >= 11 is 5.85. The van der Waals surface area contributed by atoms with E-state index in [9.17, 15) is 8.42 Å². The topological polar surface area (TPSA) is 52.6 Å². The third-order valence-corrected chi connectivity index (χ3v) is 5.81. The predicted molar refractivity (Wildman–Crippen MR) is 81.6 cm³/mol. The number of sulfone groups is 1. The van der Waals surface area contributed by atoms with E-state index >= 15 is 0 Å². The van der Waals surface area contributed by atoms with Crippen LogP contribution >= 0.6 is 11.6 Å². The van der Waals surface area contributed by atoms with Crippen molar-refractivity contribution in [3.05, 3.63) is 23.8 Å². The standard InChI is InChI=1S/C14H21ClO4S/c1-14(2,3)20(16,17)8-7-19-13-6-5-12(18-4)9-11(13)10-15/h5-6,9H,7-8,10H2,1-4H3. The van der Waals surface area contributed by atoms with Crippen LogP contribution in [0.1, 0.15) is 26.3 Å². The molecule has 0 radical (unpaired) electrons. The number of halogens is 1. The van der Waals surface area contributed by atoms with Crippen LogP contribution in [0.25, 0.3) is 0 Å². The lowest BCUT2D eigenvalue weighted by molar-refractivity contribution is 0.335. The van der Waals surface area contributed by atoms with Crippen LogP contribution in [0, 0.1) is 0 Å². The van der Waals surface area contributed by atoms with Crippen molar-refractivity contribution in [1.29, 1.82) is 0 Å². The highest BCUT2D eigenvalue weighted by Crippen LogP contribution is 2.26. The van der Waals surface area contributed by atoms with Gasteiger partial charge in [-0.1, -0.05) is 0 Å². The van der Waals surface area contributed by atoms with Crippen LogP contribution < -0.4 is 9.47 Å². The van der Waals surface area contributed by atoms with Gasteiger partial charge in [0.2, 0.25) is 0 Å². The molecule has 0 aromatic heterocycles. The fourth-order valence-electron chi connectivity index (χ4n) is 1.50. The lowest BCUT2D eigenvalue weighted by atomic mass is 10.2. The first kappa shape index (κ1) is 17.1. The SMILES string of the molecule is COc1ccc(OCCS(=O)(=O)C(C)(C)C)c(CCl)c1. The van der Waals surface area contributed by atoms with E-state index in [1.165, 1.54) is 0 Å². The first-order valence-corrected chi connectivity index (χ1v) is 8.48. The fourth-order valence-corrected chi connectivity index (χ4v) is 2.62. The Morgan fingerprint density at radius 3 is 2.40 bits per heavy atom. The molecule has 0 bridgehead atoms. The Bertz CT molecular complexity index is 547. The van der Waals surface area contributed by atoms with E-state index in [0.29, 0.717) is 11.5 Å². The smallest absolute Gasteiger partial charge is 0.158 e. The summed E-state index contributed by atoms with van der Waals surface area (Å²) in [6.07, 6.45) is 0. The van der Waals surface area contributed by atoms with Gasteiger partial charge in [-0.25, -0.2) is 8.42 Å². The lowest BCUT2D eigenvalue weighted by Gasteiger charge is -2.19. The molecule has 0 unspecified atom stereocenters. The summed E-state index contributed by atoms with van der Waals surface area (Å²) in [5.41, 5.74) is 0.777. The minimum atomic E-state index is -3.18. The van der Waals surface area contributed by atoms with Crippen LogP contribution in [0.2, 0.25) is 0 Å². The highest BCUT2D eigenvalue weighted by atomic mass is 35.5. The molecule has 0 saturated carbocycles. The van der Waals surface area contributed by atoms with Crippen molar-refractivity contribution in [2.24, 2.45) is 0 Å². The van der Waals surface area contributed by atoms with Crippen LogP contribution in [0.3, 0.4) is 0 Å². The van der Waals surface area contributed by atoms with Gasteiger partial charge >= 0.3 is 0 Å². The molecule has 0 aliphatic carbocycles. The molecule has 0 saturated heterocycles. The summed E-state index contributed by atoms with van der Waals surface area (Å²) in [5.74, 6) is 1.53. The predicted octanol–water partition coefficient (Wildman–Crippen LogP) is 3.03. The van der Waals surface area contributed by atoms with Gasteiger partial charge in [-0.15, -0.1) is 11.6 Å². The second-order valence-corrected chi connectivity index (χ2v) is 8.52. The van der Waals surface area contributed by atoms with Gasteiger partial charge in [0.25, 0.3) is 0 Å². The Kier molecular flexibility index (Phi) is 5.71. The highest BCUT2D eigenvalue weighted by Gasteiger charge is 2.28. The fraction of sp³-hybridized carbons (Fsp3) is 0.571. The molecule has 1 aromatic rings. The minimum absolute atomic E-state index is 0.0236. The summed E-state index contributed by atoms with van der Waals surface area (Å²) in [7, 11) is -1.61. The molecule has 0 N–H and O–H groups in total. The second-order valence-electron chi connectivity index (χ2n) is 5.39. The summed E-state index contributed by atoms with van der Waals surface area (Å²) in [5, 5.41) is 0. The summed E-state index contributed by atoms with van der Waals surface area (Å²) in [4.78, 5) is 0. The number of benzene rings is 1. The maximum atomic E-state index is 12.0. The molecule has 0 spiro atoms. The zero-order valence-electron chi connectivity index (χ0n) is 12.3. The van der Waals surface area contributed by atoms with Crippen LogP contribution in [-0.4, -0.2) is 32.6 Å². The van der Waals surface area contributed by atoms with Gasteiger partial charge in [-0.2, -0.15) is 0 Å². The maximum absolute atomic E-state index is 12.0. The first-order valence-electron chi connectivity index (χ1n) is 6.29. The molecule has 1 aromatic carbocycles. The van der Waals surface area contributed by atoms with E-state index in [1.807, 2.05) is 0 Å². The first-order chi connectivity index (χ1) is 9.21. The summed E-state index contributed by atoms with van der Waals surface area (Å²) in [6.45, 7) is 5.15. The van der Waals surface area contributed by atoms with Gasteiger partial charge in [-0.05, 0) is 39.0 Å². The largest absolute Gasteiger partial charge is 0.497 e. The maximum Gasteiger partial charge on any atom is 0.158 e. The molecule has 0 atom stereocenters. The third-order valence-electron chi connectivity index (χ3n) is 2.95. The average molecular weight is 321 g/mol. The Morgan fingerprint density at radius 2 is 1.90 bits per heavy atom. The van der Waals surface area contributed by atoms with Crippen molar-refractivity contribution >= 4 is 21.4 Å². The molecule has 1 rings (SSSR count). The normalized spacial score (nSPS) is 12.2. The highest BCUT2D eigenvalue weighted by molar-refractivity contribution is 7.92. The van der Waals surface area contributed by atoms with E-state index in [-0.39, 0.29) is 18.2 Å². The zero-order valence-corrected chi connectivity index (χ0v) is 13.8. The molecule has 6 heteroatoms. The number of methoxy groups -OCH3 is 1. The van der Waals surface area contributed by atoms with Gasteiger partial charge in [0.15, 0.2) is 9.84 Å². The van der Waals surface area contributed by atoms with Crippen LogP contribution in [0.4, 0.5) is 0 Å². The van der Waals surface area contributed by atoms with Crippen LogP contribution in [0.15, 0.2) is 18.2 Å². The van der Waals surface area contributed by atoms with Gasteiger partial charge in [0.05, 0.1) is 23.5 Å². The number of hydrogen-bond donors (Lipinski definition) is 0. The average Bonchev–Trinajstić information content (AvgIpc) is 2.37. The molecule has 0 amide bonds. The van der Waals surface area contributed by atoms with E-state index < -0.39 is 14.6 Å². The Morgan fingerprint density at radius 1 is 1.25 bits per heavy atom. The van der Waals surface area contributed by atoms with E-state index in [0.717, 1.165) is 5.56 Å². The third kappa shape index (κ3) is 4.28. The zero-order chi connectivity index (χ0) is 15.4.